The molecule has 5 heteroatoms. The second-order valence-electron chi connectivity index (χ2n) is 3.00. The van der Waals surface area contributed by atoms with Crippen LogP contribution in [0.3, 0.4) is 0 Å². The van der Waals surface area contributed by atoms with Crippen molar-refractivity contribution in [3.05, 3.63) is 28.5 Å². The van der Waals surface area contributed by atoms with E-state index in [9.17, 15) is 4.79 Å². The lowest BCUT2D eigenvalue weighted by Crippen LogP contribution is -2.36. The summed E-state index contributed by atoms with van der Waals surface area (Å²) in [6.07, 6.45) is 4.01. The van der Waals surface area contributed by atoms with E-state index in [-0.39, 0.29) is 11.3 Å². The van der Waals surface area contributed by atoms with Gasteiger partial charge in [-0.1, -0.05) is 17.7 Å². The number of nitrogens with zero attached hydrogens (tertiary/aromatic N) is 1. The lowest BCUT2D eigenvalue weighted by molar-refractivity contribution is 0.566. The third-order valence-corrected chi connectivity index (χ3v) is 2.63. The minimum atomic E-state index is -0.0513. The Balaban J connectivity index is 2.43. The molecule has 0 saturated heterocycles. The second-order valence-corrected chi connectivity index (χ2v) is 3.72. The van der Waals surface area contributed by atoms with E-state index < -0.39 is 0 Å². The number of amidine groups is 1. The van der Waals surface area contributed by atoms with Gasteiger partial charge in [0.15, 0.2) is 5.29 Å². The first-order valence-electron chi connectivity index (χ1n) is 4.02. The highest BCUT2D eigenvalue weighted by molar-refractivity contribution is 6.65. The third kappa shape index (κ3) is 1.62. The van der Waals surface area contributed by atoms with Crippen molar-refractivity contribution in [3.8, 4) is 0 Å². The van der Waals surface area contributed by atoms with Crippen LogP contribution in [-0.2, 0) is 4.79 Å². The monoisotopic (exact) mass is 228 g/mol. The number of hydrogen-bond donors (Lipinski definition) is 1. The number of aliphatic imine (C=N–C) groups is 1. The quantitative estimate of drug-likeness (QED) is 0.507. The Labute approximate surface area is 90.8 Å². The Morgan fingerprint density at radius 2 is 2.36 bits per heavy atom. The van der Waals surface area contributed by atoms with Crippen LogP contribution in [0.25, 0.3) is 0 Å². The molecule has 0 aromatic rings. The first-order chi connectivity index (χ1) is 6.70. The third-order valence-electron chi connectivity index (χ3n) is 2.11. The van der Waals surface area contributed by atoms with Crippen LogP contribution in [0.5, 0.6) is 0 Å². The van der Waals surface area contributed by atoms with Crippen LogP contribution in [0.1, 0.15) is 6.42 Å². The fourth-order valence-electron chi connectivity index (χ4n) is 1.43. The van der Waals surface area contributed by atoms with Gasteiger partial charge in [0.2, 0.25) is 0 Å². The summed E-state index contributed by atoms with van der Waals surface area (Å²) >= 11 is 11.6. The lowest BCUT2D eigenvalue weighted by Gasteiger charge is -2.25. The smallest absolute Gasteiger partial charge is 0.198 e. The van der Waals surface area contributed by atoms with Crippen LogP contribution >= 0.6 is 23.2 Å². The molecule has 0 spiro atoms. The van der Waals surface area contributed by atoms with E-state index in [4.69, 9.17) is 23.2 Å². The summed E-state index contributed by atoms with van der Waals surface area (Å²) in [4.78, 5) is 14.3. The van der Waals surface area contributed by atoms with Gasteiger partial charge in [-0.25, -0.2) is 9.79 Å². The molecule has 0 radical (unpaired) electrons. The summed E-state index contributed by atoms with van der Waals surface area (Å²) in [5, 5.41) is 3.56. The number of allylic oxidation sites excluding steroid dienone is 2. The van der Waals surface area contributed by atoms with Gasteiger partial charge >= 0.3 is 0 Å². The van der Waals surface area contributed by atoms with Gasteiger partial charge < -0.3 is 5.32 Å². The van der Waals surface area contributed by atoms with E-state index in [1.165, 1.54) is 0 Å². The number of fused-ring (bicyclic) bond motifs is 1. The predicted octanol–water partition coefficient (Wildman–Crippen LogP) is 1.72. The van der Waals surface area contributed by atoms with Gasteiger partial charge in [0, 0.05) is 12.0 Å². The predicted molar refractivity (Wildman–Crippen MR) is 56.1 cm³/mol. The van der Waals surface area contributed by atoms with Crippen LogP contribution in [0.2, 0.25) is 0 Å². The van der Waals surface area contributed by atoms with Crippen LogP contribution in [0.4, 0.5) is 0 Å². The first kappa shape index (κ1) is 9.53. The number of carbonyl (C=O) groups excluding carboxylic acids is 1. The Hall–Kier alpha value is -1.02. The van der Waals surface area contributed by atoms with Crippen LogP contribution in [-0.4, -0.2) is 17.3 Å². The van der Waals surface area contributed by atoms with Gasteiger partial charge in [0.05, 0.1) is 6.04 Å². The number of nitrogens with one attached hydrogen (secondary N) is 1. The Morgan fingerprint density at radius 3 is 3.07 bits per heavy atom. The maximum absolute atomic E-state index is 10.4. The SMILES string of the molecule is O=C=C1C=CC2NC(Cl)=NC(Cl)=C2C1. The fourth-order valence-corrected chi connectivity index (χ4v) is 1.94. The summed E-state index contributed by atoms with van der Waals surface area (Å²) in [5.74, 6) is 1.85. The van der Waals surface area contributed by atoms with E-state index >= 15 is 0 Å². The Morgan fingerprint density at radius 1 is 1.57 bits per heavy atom. The van der Waals surface area contributed by atoms with Gasteiger partial charge in [0.25, 0.3) is 0 Å². The highest BCUT2D eigenvalue weighted by atomic mass is 35.5. The molecule has 14 heavy (non-hydrogen) atoms. The molecule has 1 heterocycles. The molecule has 0 aromatic heterocycles. The maximum atomic E-state index is 10.4. The van der Waals surface area contributed by atoms with Crippen LogP contribution < -0.4 is 5.32 Å². The summed E-state index contributed by atoms with van der Waals surface area (Å²) in [5.41, 5.74) is 1.43. The average Bonchev–Trinajstić information content (AvgIpc) is 2.17. The van der Waals surface area contributed by atoms with E-state index in [2.05, 4.69) is 10.3 Å². The molecule has 0 aromatic carbocycles. The van der Waals surface area contributed by atoms with E-state index in [1.807, 2.05) is 12.0 Å². The highest BCUT2D eigenvalue weighted by Gasteiger charge is 2.24. The van der Waals surface area contributed by atoms with Gasteiger partial charge in [-0.2, -0.15) is 0 Å². The molecule has 2 rings (SSSR count). The van der Waals surface area contributed by atoms with Gasteiger partial charge in [-0.05, 0) is 23.3 Å². The zero-order valence-electron chi connectivity index (χ0n) is 7.05. The van der Waals surface area contributed by atoms with Gasteiger partial charge in [0.1, 0.15) is 11.1 Å². The minimum absolute atomic E-state index is 0.0513. The second kappa shape index (κ2) is 3.62. The topological polar surface area (TPSA) is 41.5 Å². The summed E-state index contributed by atoms with van der Waals surface area (Å²) < 4.78 is 0. The minimum Gasteiger partial charge on any atom is -0.350 e. The van der Waals surface area contributed by atoms with Gasteiger partial charge in [-0.15, -0.1) is 0 Å². The molecule has 0 bridgehead atoms. The van der Waals surface area contributed by atoms with Crippen molar-refractivity contribution in [1.29, 1.82) is 0 Å². The maximum Gasteiger partial charge on any atom is 0.198 e. The molecule has 3 nitrogen and oxygen atoms in total. The zero-order valence-corrected chi connectivity index (χ0v) is 8.56. The molecule has 0 amide bonds. The molecular formula is C9H6Cl2N2O. The number of hydrogen-bond acceptors (Lipinski definition) is 3. The molecule has 72 valence electrons. The van der Waals surface area contributed by atoms with Crippen molar-refractivity contribution < 1.29 is 4.79 Å². The standard InChI is InChI=1S/C9H6Cl2N2O/c10-8-6-3-5(4-14)1-2-7(6)12-9(11)13-8/h1-2,7H,3H2,(H,12,13). The Kier molecular flexibility index (Phi) is 2.46. The molecule has 0 fully saturated rings. The Bertz CT molecular complexity index is 417. The van der Waals surface area contributed by atoms with Crippen molar-refractivity contribution in [2.45, 2.75) is 12.5 Å². The van der Waals surface area contributed by atoms with Gasteiger partial charge in [-0.3, -0.25) is 0 Å². The normalized spacial score (nSPS) is 25.1. The summed E-state index contributed by atoms with van der Waals surface area (Å²) in [6, 6.07) is -0.0513. The molecular weight excluding hydrogens is 223 g/mol. The lowest BCUT2D eigenvalue weighted by atomic mass is 9.93. The van der Waals surface area contributed by atoms with Crippen molar-refractivity contribution in [1.82, 2.24) is 5.32 Å². The van der Waals surface area contributed by atoms with Crippen molar-refractivity contribution in [2.75, 3.05) is 0 Å². The molecule has 1 unspecified atom stereocenters. The largest absolute Gasteiger partial charge is 0.350 e. The zero-order chi connectivity index (χ0) is 10.1. The summed E-state index contributed by atoms with van der Waals surface area (Å²) in [6.45, 7) is 0. The highest BCUT2D eigenvalue weighted by Crippen LogP contribution is 2.29. The fraction of sp³-hybridized carbons (Fsp3) is 0.222. The summed E-state index contributed by atoms with van der Waals surface area (Å²) in [7, 11) is 0. The first-order valence-corrected chi connectivity index (χ1v) is 4.78. The molecule has 1 aliphatic carbocycles. The van der Waals surface area contributed by atoms with Crippen molar-refractivity contribution >= 4 is 34.4 Å². The van der Waals surface area contributed by atoms with Crippen LogP contribution in [0, 0.1) is 0 Å². The number of rotatable bonds is 0. The molecule has 2 aliphatic rings. The van der Waals surface area contributed by atoms with E-state index in [0.717, 1.165) is 5.57 Å². The van der Waals surface area contributed by atoms with Crippen LogP contribution in [0.15, 0.2) is 33.4 Å². The number of halogens is 2. The average molecular weight is 229 g/mol. The molecule has 1 N–H and O–H groups in total. The molecule has 1 aliphatic heterocycles. The van der Waals surface area contributed by atoms with E-state index in [0.29, 0.717) is 17.2 Å². The van der Waals surface area contributed by atoms with Crippen molar-refractivity contribution in [2.24, 2.45) is 4.99 Å². The van der Waals surface area contributed by atoms with Crippen molar-refractivity contribution in [3.63, 3.8) is 0 Å². The molecule has 0 saturated carbocycles. The molecule has 1 atom stereocenters. The van der Waals surface area contributed by atoms with E-state index in [1.54, 1.807) is 6.08 Å².